The van der Waals surface area contributed by atoms with Crippen LogP contribution < -0.4 is 0 Å². The fourth-order valence-electron chi connectivity index (χ4n) is 3.27. The molecule has 0 aliphatic rings. The van der Waals surface area contributed by atoms with Gasteiger partial charge in [0.15, 0.2) is 0 Å². The third-order valence-electron chi connectivity index (χ3n) is 4.81. The molecule has 136 valence electrons. The highest BCUT2D eigenvalue weighted by Crippen LogP contribution is 2.28. The van der Waals surface area contributed by atoms with E-state index in [1.165, 1.54) is 32.9 Å². The molecule has 0 amide bonds. The summed E-state index contributed by atoms with van der Waals surface area (Å²) < 4.78 is 2.13. The van der Waals surface area contributed by atoms with Crippen LogP contribution in [0, 0.1) is 0 Å². The van der Waals surface area contributed by atoms with Gasteiger partial charge in [-0.2, -0.15) is 0 Å². The molecule has 27 heavy (non-hydrogen) atoms. The van der Waals surface area contributed by atoms with Crippen LogP contribution in [0.2, 0.25) is 0 Å². The fourth-order valence-corrected chi connectivity index (χ4v) is 3.27. The summed E-state index contributed by atoms with van der Waals surface area (Å²) in [6.45, 7) is 14.2. The Kier molecular flexibility index (Phi) is 5.32. The summed E-state index contributed by atoms with van der Waals surface area (Å²) in [6.07, 6.45) is 3.73. The highest BCUT2D eigenvalue weighted by Gasteiger charge is 2.12. The van der Waals surface area contributed by atoms with Crippen LogP contribution >= 0.6 is 0 Å². The first kappa shape index (κ1) is 18.7. The zero-order valence-corrected chi connectivity index (χ0v) is 16.4. The Bertz CT molecular complexity index is 1020. The smallest absolute Gasteiger partial charge is 0.0534 e. The highest BCUT2D eigenvalue weighted by atomic mass is 14.9. The number of hydrogen-bond acceptors (Lipinski definition) is 0. The lowest BCUT2D eigenvalue weighted by Gasteiger charge is -2.18. The van der Waals surface area contributed by atoms with Gasteiger partial charge >= 0.3 is 0 Å². The van der Waals surface area contributed by atoms with E-state index in [0.29, 0.717) is 0 Å². The molecule has 0 aliphatic carbocycles. The van der Waals surface area contributed by atoms with Crippen LogP contribution in [0.1, 0.15) is 31.9 Å². The molecule has 0 aliphatic heterocycles. The number of nitrogens with zero attached hydrogens (tertiary/aromatic N) is 1. The van der Waals surface area contributed by atoms with Gasteiger partial charge < -0.3 is 4.57 Å². The van der Waals surface area contributed by atoms with Crippen molar-refractivity contribution in [2.45, 2.75) is 26.2 Å². The normalized spacial score (nSPS) is 11.1. The summed E-state index contributed by atoms with van der Waals surface area (Å²) in [5.41, 5.74) is 5.23. The molecule has 0 fully saturated rings. The Morgan fingerprint density at radius 3 is 1.59 bits per heavy atom. The lowest BCUT2D eigenvalue weighted by molar-refractivity contribution is 0.590. The second-order valence-corrected chi connectivity index (χ2v) is 7.66. The molecule has 1 heteroatoms. The van der Waals surface area contributed by atoms with E-state index in [4.69, 9.17) is 0 Å². The van der Waals surface area contributed by atoms with Gasteiger partial charge in [-0.3, -0.25) is 0 Å². The Morgan fingerprint density at radius 1 is 0.704 bits per heavy atom. The van der Waals surface area contributed by atoms with E-state index < -0.39 is 0 Å². The van der Waals surface area contributed by atoms with Crippen molar-refractivity contribution in [3.8, 4) is 0 Å². The lowest BCUT2D eigenvalue weighted by atomic mass is 9.87. The maximum atomic E-state index is 3.87. The molecule has 3 aromatic carbocycles. The number of aromatic nitrogens is 1. The molecule has 0 spiro atoms. The summed E-state index contributed by atoms with van der Waals surface area (Å²) in [5, 5.41) is 2.57. The molecule has 0 radical (unpaired) electrons. The van der Waals surface area contributed by atoms with Crippen LogP contribution in [0.25, 0.3) is 34.1 Å². The van der Waals surface area contributed by atoms with Crippen LogP contribution in [0.4, 0.5) is 0 Å². The van der Waals surface area contributed by atoms with Crippen molar-refractivity contribution in [1.82, 2.24) is 4.57 Å². The Labute approximate surface area is 162 Å². The van der Waals surface area contributed by atoms with Crippen LogP contribution in [0.3, 0.4) is 0 Å². The molecule has 0 bridgehead atoms. The highest BCUT2D eigenvalue weighted by molar-refractivity contribution is 6.09. The number of hydrogen-bond donors (Lipinski definition) is 0. The first-order valence-corrected chi connectivity index (χ1v) is 9.29. The van der Waals surface area contributed by atoms with Gasteiger partial charge in [-0.05, 0) is 28.7 Å². The van der Waals surface area contributed by atoms with Gasteiger partial charge in [0, 0.05) is 17.0 Å². The van der Waals surface area contributed by atoms with Crippen LogP contribution in [0.5, 0.6) is 0 Å². The van der Waals surface area contributed by atoms with E-state index in [2.05, 4.69) is 111 Å². The maximum Gasteiger partial charge on any atom is 0.0534 e. The van der Waals surface area contributed by atoms with Gasteiger partial charge in [0.2, 0.25) is 0 Å². The van der Waals surface area contributed by atoms with Gasteiger partial charge in [-0.1, -0.05) is 101 Å². The van der Waals surface area contributed by atoms with Crippen molar-refractivity contribution in [2.24, 2.45) is 0 Å². The van der Waals surface area contributed by atoms with Crippen molar-refractivity contribution < 1.29 is 0 Å². The van der Waals surface area contributed by atoms with Crippen LogP contribution in [-0.2, 0) is 5.41 Å². The van der Waals surface area contributed by atoms with Crippen LogP contribution in [0.15, 0.2) is 86.0 Å². The molecule has 0 unspecified atom stereocenters. The summed E-state index contributed by atoms with van der Waals surface area (Å²) in [5.74, 6) is 0. The quantitative estimate of drug-likeness (QED) is 0.351. The fraction of sp³-hybridized carbons (Fsp3) is 0.154. The van der Waals surface area contributed by atoms with Gasteiger partial charge in [0.1, 0.15) is 0 Å². The Hall–Kier alpha value is -3.06. The van der Waals surface area contributed by atoms with E-state index in [9.17, 15) is 0 Å². The largest absolute Gasteiger partial charge is 0.317 e. The summed E-state index contributed by atoms with van der Waals surface area (Å²) in [7, 11) is 0. The predicted octanol–water partition coefficient (Wildman–Crippen LogP) is 7.52. The summed E-state index contributed by atoms with van der Waals surface area (Å²) in [4.78, 5) is 0. The topological polar surface area (TPSA) is 4.93 Å². The third kappa shape index (κ3) is 3.88. The second-order valence-electron chi connectivity index (χ2n) is 7.66. The first-order chi connectivity index (χ1) is 13.0. The zero-order valence-electron chi connectivity index (χ0n) is 16.4. The van der Waals surface area contributed by atoms with E-state index in [-0.39, 0.29) is 5.41 Å². The Balaban J connectivity index is 0.000000161. The monoisotopic (exact) mass is 353 g/mol. The molecule has 1 nitrogen and oxygen atoms in total. The van der Waals surface area contributed by atoms with Gasteiger partial charge in [0.25, 0.3) is 0 Å². The first-order valence-electron chi connectivity index (χ1n) is 9.29. The molecular weight excluding hydrogens is 326 g/mol. The minimum atomic E-state index is 0.250. The van der Waals surface area contributed by atoms with E-state index in [1.807, 2.05) is 12.3 Å². The van der Waals surface area contributed by atoms with E-state index >= 15 is 0 Å². The van der Waals surface area contributed by atoms with Crippen molar-refractivity contribution >= 4 is 34.1 Å². The van der Waals surface area contributed by atoms with Gasteiger partial charge in [-0.25, -0.2) is 0 Å². The number of fused-ring (bicyclic) bond motifs is 3. The standard InChI is InChI=1S/C14H11N.C12H16/c1-2-15-13-9-5-3-7-11(13)12-8-4-6-10-14(12)15;1-5-10-6-8-11(9-7-10)12(2,3)4/h2-10H,1H2;5-9H,1H2,2-4H3. The molecule has 4 aromatic rings. The summed E-state index contributed by atoms with van der Waals surface area (Å²) >= 11 is 0. The van der Waals surface area contributed by atoms with E-state index in [1.54, 1.807) is 0 Å². The number of para-hydroxylation sites is 2. The SMILES string of the molecule is C=Cc1ccc(C(C)(C)C)cc1.C=Cn1c2ccccc2c2ccccc21. The van der Waals surface area contributed by atoms with Crippen molar-refractivity contribution in [3.63, 3.8) is 0 Å². The minimum Gasteiger partial charge on any atom is -0.317 e. The predicted molar refractivity (Wildman–Crippen MR) is 121 cm³/mol. The van der Waals surface area contributed by atoms with Gasteiger partial charge in [-0.15, -0.1) is 0 Å². The number of rotatable bonds is 2. The molecule has 1 heterocycles. The molecule has 0 saturated carbocycles. The second kappa shape index (κ2) is 7.67. The molecular formula is C26H27N. The third-order valence-corrected chi connectivity index (χ3v) is 4.81. The molecule has 0 N–H and O–H groups in total. The van der Waals surface area contributed by atoms with Crippen molar-refractivity contribution in [1.29, 1.82) is 0 Å². The summed E-state index contributed by atoms with van der Waals surface area (Å²) in [6, 6.07) is 25.3. The molecule has 1 aromatic heterocycles. The van der Waals surface area contributed by atoms with E-state index in [0.717, 1.165) is 0 Å². The minimum absolute atomic E-state index is 0.250. The van der Waals surface area contributed by atoms with Gasteiger partial charge in [0.05, 0.1) is 11.0 Å². The van der Waals surface area contributed by atoms with Crippen molar-refractivity contribution in [2.75, 3.05) is 0 Å². The average molecular weight is 354 g/mol. The lowest BCUT2D eigenvalue weighted by Crippen LogP contribution is -2.10. The maximum absolute atomic E-state index is 3.87. The average Bonchev–Trinajstić information content (AvgIpc) is 3.02. The molecule has 4 rings (SSSR count). The zero-order chi connectivity index (χ0) is 19.4. The molecule has 0 saturated heterocycles. The van der Waals surface area contributed by atoms with Crippen LogP contribution in [-0.4, -0.2) is 4.57 Å². The Morgan fingerprint density at radius 2 is 1.19 bits per heavy atom. The molecule has 0 atom stereocenters. The van der Waals surface area contributed by atoms with Crippen molar-refractivity contribution in [3.05, 3.63) is 97.1 Å². The number of benzene rings is 3.